The molecule has 0 aliphatic rings. The first kappa shape index (κ1) is 14.3. The number of halogens is 1. The quantitative estimate of drug-likeness (QED) is 0.695. The minimum absolute atomic E-state index is 0.483. The lowest BCUT2D eigenvalue weighted by Crippen LogP contribution is -2.02. The van der Waals surface area contributed by atoms with Crippen LogP contribution in [0.5, 0.6) is 0 Å². The molecule has 1 N–H and O–H groups in total. The van der Waals surface area contributed by atoms with Gasteiger partial charge in [-0.3, -0.25) is 0 Å². The van der Waals surface area contributed by atoms with Crippen LogP contribution in [-0.4, -0.2) is 5.11 Å². The summed E-state index contributed by atoms with van der Waals surface area (Å²) >= 11 is 3.52. The maximum Gasteiger partial charge on any atom is 0.0830 e. The van der Waals surface area contributed by atoms with Gasteiger partial charge in [0.2, 0.25) is 0 Å². The van der Waals surface area contributed by atoms with Gasteiger partial charge in [-0.15, -0.1) is 0 Å². The summed E-state index contributed by atoms with van der Waals surface area (Å²) in [4.78, 5) is 0. The first-order valence-electron chi connectivity index (χ1n) is 7.05. The number of hydrogen-bond acceptors (Lipinski definition) is 1. The van der Waals surface area contributed by atoms with Crippen LogP contribution in [0.4, 0.5) is 0 Å². The van der Waals surface area contributed by atoms with Gasteiger partial charge >= 0.3 is 0 Å². The van der Waals surface area contributed by atoms with Gasteiger partial charge in [0.25, 0.3) is 0 Å². The Morgan fingerprint density at radius 3 is 2.48 bits per heavy atom. The fourth-order valence-corrected chi connectivity index (χ4v) is 2.92. The highest BCUT2D eigenvalue weighted by Crippen LogP contribution is 2.25. The Labute approximate surface area is 133 Å². The fraction of sp³-hybridized carbons (Fsp3) is 0.158. The van der Waals surface area contributed by atoms with E-state index in [0.29, 0.717) is 6.42 Å². The summed E-state index contributed by atoms with van der Waals surface area (Å²) in [5.74, 6) is 0. The summed E-state index contributed by atoms with van der Waals surface area (Å²) in [6, 6.07) is 20.7. The highest BCUT2D eigenvalue weighted by molar-refractivity contribution is 9.10. The summed E-state index contributed by atoms with van der Waals surface area (Å²) < 4.78 is 1.04. The third-order valence-electron chi connectivity index (χ3n) is 3.82. The zero-order valence-electron chi connectivity index (χ0n) is 11.9. The lowest BCUT2D eigenvalue weighted by molar-refractivity contribution is 0.178. The molecule has 21 heavy (non-hydrogen) atoms. The van der Waals surface area contributed by atoms with Gasteiger partial charge in [0.15, 0.2) is 0 Å². The first-order valence-corrected chi connectivity index (χ1v) is 7.84. The van der Waals surface area contributed by atoms with Gasteiger partial charge in [-0.05, 0) is 40.5 Å². The topological polar surface area (TPSA) is 20.2 Å². The number of aliphatic hydroxyl groups excluding tert-OH is 1. The minimum atomic E-state index is -0.483. The van der Waals surface area contributed by atoms with Gasteiger partial charge in [-0.1, -0.05) is 70.5 Å². The summed E-state index contributed by atoms with van der Waals surface area (Å²) in [5, 5.41) is 12.9. The van der Waals surface area contributed by atoms with E-state index in [-0.39, 0.29) is 0 Å². The van der Waals surface area contributed by atoms with E-state index in [9.17, 15) is 5.11 Å². The van der Waals surface area contributed by atoms with Crippen molar-refractivity contribution >= 4 is 26.7 Å². The average molecular weight is 341 g/mol. The summed E-state index contributed by atoms with van der Waals surface area (Å²) in [7, 11) is 0. The SMILES string of the molecule is Cc1ccc(C(O)Cc2ccc3ccccc3c2)cc1Br. The third kappa shape index (κ3) is 3.17. The number of aliphatic hydroxyl groups is 1. The smallest absolute Gasteiger partial charge is 0.0830 e. The second-order valence-corrected chi connectivity index (χ2v) is 6.26. The van der Waals surface area contributed by atoms with E-state index in [4.69, 9.17) is 0 Å². The standard InChI is InChI=1S/C19H17BrO/c1-13-6-8-17(12-18(13)20)19(21)11-14-7-9-15-4-2-3-5-16(15)10-14/h2-10,12,19,21H,11H2,1H3. The van der Waals surface area contributed by atoms with Crippen LogP contribution in [0.1, 0.15) is 22.8 Å². The monoisotopic (exact) mass is 340 g/mol. The zero-order chi connectivity index (χ0) is 14.8. The largest absolute Gasteiger partial charge is 0.388 e. The molecule has 0 aliphatic heterocycles. The number of hydrogen-bond donors (Lipinski definition) is 1. The molecule has 1 atom stereocenters. The highest BCUT2D eigenvalue weighted by Gasteiger charge is 2.10. The third-order valence-corrected chi connectivity index (χ3v) is 4.68. The van der Waals surface area contributed by atoms with Gasteiger partial charge < -0.3 is 5.11 Å². The molecule has 0 radical (unpaired) electrons. The molecule has 0 heterocycles. The molecule has 0 bridgehead atoms. The molecule has 0 spiro atoms. The Morgan fingerprint density at radius 2 is 1.71 bits per heavy atom. The van der Waals surface area contributed by atoms with Crippen molar-refractivity contribution in [2.75, 3.05) is 0 Å². The number of aryl methyl sites for hydroxylation is 1. The molecule has 2 heteroatoms. The minimum Gasteiger partial charge on any atom is -0.388 e. The lowest BCUT2D eigenvalue weighted by atomic mass is 9.98. The molecule has 1 unspecified atom stereocenters. The Kier molecular flexibility index (Phi) is 4.09. The van der Waals surface area contributed by atoms with Gasteiger partial charge in [0.1, 0.15) is 0 Å². The number of rotatable bonds is 3. The molecule has 106 valence electrons. The summed E-state index contributed by atoms with van der Waals surface area (Å²) in [5.41, 5.74) is 3.27. The van der Waals surface area contributed by atoms with Gasteiger partial charge in [0, 0.05) is 10.9 Å². The average Bonchev–Trinajstić information content (AvgIpc) is 2.50. The van der Waals surface area contributed by atoms with E-state index in [1.807, 2.05) is 37.3 Å². The molecule has 0 saturated carbocycles. The Hall–Kier alpha value is -1.64. The van der Waals surface area contributed by atoms with Crippen molar-refractivity contribution in [2.45, 2.75) is 19.4 Å². The molecule has 3 rings (SSSR count). The van der Waals surface area contributed by atoms with Crippen LogP contribution in [0, 0.1) is 6.92 Å². The summed E-state index contributed by atoms with van der Waals surface area (Å²) in [6.45, 7) is 2.05. The van der Waals surface area contributed by atoms with Crippen molar-refractivity contribution in [3.05, 3.63) is 81.8 Å². The molecule has 1 nitrogen and oxygen atoms in total. The molecule has 3 aromatic rings. The Balaban J connectivity index is 1.85. The van der Waals surface area contributed by atoms with Crippen LogP contribution in [0.3, 0.4) is 0 Å². The number of benzene rings is 3. The van der Waals surface area contributed by atoms with E-state index in [1.165, 1.54) is 16.3 Å². The first-order chi connectivity index (χ1) is 10.1. The van der Waals surface area contributed by atoms with Gasteiger partial charge in [-0.2, -0.15) is 0 Å². The molecule has 0 fully saturated rings. The van der Waals surface area contributed by atoms with Crippen molar-refractivity contribution in [3.63, 3.8) is 0 Å². The molecule has 0 aromatic heterocycles. The maximum absolute atomic E-state index is 10.4. The van der Waals surface area contributed by atoms with Crippen LogP contribution >= 0.6 is 15.9 Å². The van der Waals surface area contributed by atoms with Crippen molar-refractivity contribution in [2.24, 2.45) is 0 Å². The lowest BCUT2D eigenvalue weighted by Gasteiger charge is -2.13. The molecule has 0 aliphatic carbocycles. The van der Waals surface area contributed by atoms with Gasteiger partial charge in [-0.25, -0.2) is 0 Å². The van der Waals surface area contributed by atoms with Crippen molar-refractivity contribution in [1.82, 2.24) is 0 Å². The fourth-order valence-electron chi connectivity index (χ4n) is 2.52. The van der Waals surface area contributed by atoms with Gasteiger partial charge in [0.05, 0.1) is 6.10 Å². The predicted octanol–water partition coefficient (Wildman–Crippen LogP) is 5.19. The maximum atomic E-state index is 10.4. The molecular weight excluding hydrogens is 324 g/mol. The highest BCUT2D eigenvalue weighted by atomic mass is 79.9. The molecular formula is C19H17BrO. The Bertz CT molecular complexity index is 779. The summed E-state index contributed by atoms with van der Waals surface area (Å²) in [6.07, 6.45) is 0.142. The van der Waals surface area contributed by atoms with Crippen molar-refractivity contribution in [3.8, 4) is 0 Å². The molecule has 3 aromatic carbocycles. The van der Waals surface area contributed by atoms with Crippen molar-refractivity contribution < 1.29 is 5.11 Å². The van der Waals surface area contributed by atoms with E-state index in [1.54, 1.807) is 0 Å². The van der Waals surface area contributed by atoms with Crippen LogP contribution in [0.2, 0.25) is 0 Å². The van der Waals surface area contributed by atoms with E-state index < -0.39 is 6.10 Å². The second-order valence-electron chi connectivity index (χ2n) is 5.41. The predicted molar refractivity (Wildman–Crippen MR) is 91.5 cm³/mol. The van der Waals surface area contributed by atoms with Crippen LogP contribution in [-0.2, 0) is 6.42 Å². The van der Waals surface area contributed by atoms with Crippen LogP contribution in [0.25, 0.3) is 10.8 Å². The van der Waals surface area contributed by atoms with Crippen LogP contribution < -0.4 is 0 Å². The second kappa shape index (κ2) is 6.00. The molecule has 0 saturated heterocycles. The van der Waals surface area contributed by atoms with E-state index in [2.05, 4.69) is 46.3 Å². The Morgan fingerprint density at radius 1 is 0.952 bits per heavy atom. The van der Waals surface area contributed by atoms with Crippen LogP contribution in [0.15, 0.2) is 65.1 Å². The number of fused-ring (bicyclic) bond motifs is 1. The van der Waals surface area contributed by atoms with E-state index >= 15 is 0 Å². The zero-order valence-corrected chi connectivity index (χ0v) is 13.5. The van der Waals surface area contributed by atoms with Crippen molar-refractivity contribution in [1.29, 1.82) is 0 Å². The molecule has 0 amide bonds. The normalized spacial score (nSPS) is 12.5. The van der Waals surface area contributed by atoms with E-state index in [0.717, 1.165) is 15.6 Å².